The number of benzene rings is 2. The Labute approximate surface area is 167 Å². The molecule has 28 heavy (non-hydrogen) atoms. The van der Waals surface area contributed by atoms with E-state index >= 15 is 0 Å². The normalized spacial score (nSPS) is 13.7. The highest BCUT2D eigenvalue weighted by molar-refractivity contribution is 5.92. The van der Waals surface area contributed by atoms with Gasteiger partial charge in [-0.25, -0.2) is 0 Å². The van der Waals surface area contributed by atoms with Crippen LogP contribution in [0.1, 0.15) is 27.0 Å². The van der Waals surface area contributed by atoms with Crippen molar-refractivity contribution in [3.63, 3.8) is 0 Å². The van der Waals surface area contributed by atoms with Crippen molar-refractivity contribution in [2.75, 3.05) is 26.2 Å². The van der Waals surface area contributed by atoms with Crippen LogP contribution in [0.3, 0.4) is 0 Å². The second kappa shape index (κ2) is 10.1. The molecule has 0 unspecified atom stereocenters. The maximum absolute atomic E-state index is 11.2. The smallest absolute Gasteiger partial charge is 0.248 e. The van der Waals surface area contributed by atoms with Gasteiger partial charge in [0.25, 0.3) is 0 Å². The molecule has 2 aromatic rings. The molecule has 0 aliphatic carbocycles. The van der Waals surface area contributed by atoms with Gasteiger partial charge in [0.1, 0.15) is 12.4 Å². The standard InChI is InChI=1S/C23H29N3O2/c1-2-9-28-22-11-18(4-3-17-5-7-21(8-6-17)23(24)27)10-19(12-22)13-25-14-20-15-26-16-20/h2,5-8,10-12,20,25-26H,1,3-4,9,13-16H2,(H2,24,27). The van der Waals surface area contributed by atoms with E-state index in [4.69, 9.17) is 10.5 Å². The molecule has 1 aliphatic rings. The van der Waals surface area contributed by atoms with Crippen LogP contribution in [-0.2, 0) is 19.4 Å². The zero-order chi connectivity index (χ0) is 19.8. The number of primary amides is 1. The van der Waals surface area contributed by atoms with Gasteiger partial charge in [-0.3, -0.25) is 4.79 Å². The Morgan fingerprint density at radius 1 is 1.14 bits per heavy atom. The second-order valence-electron chi connectivity index (χ2n) is 7.30. The SMILES string of the molecule is C=CCOc1cc(CCc2ccc(C(N)=O)cc2)cc(CNCC2CNC2)c1. The Kier molecular flexibility index (Phi) is 7.23. The largest absolute Gasteiger partial charge is 0.490 e. The van der Waals surface area contributed by atoms with Crippen molar-refractivity contribution in [2.45, 2.75) is 19.4 Å². The molecule has 0 atom stereocenters. The van der Waals surface area contributed by atoms with E-state index in [9.17, 15) is 4.79 Å². The van der Waals surface area contributed by atoms with Crippen molar-refractivity contribution < 1.29 is 9.53 Å². The molecular formula is C23H29N3O2. The molecular weight excluding hydrogens is 350 g/mol. The fourth-order valence-corrected chi connectivity index (χ4v) is 3.25. The van der Waals surface area contributed by atoms with Crippen LogP contribution in [0.4, 0.5) is 0 Å². The number of hydrogen-bond donors (Lipinski definition) is 3. The van der Waals surface area contributed by atoms with Gasteiger partial charge in [0.05, 0.1) is 0 Å². The first-order valence-electron chi connectivity index (χ1n) is 9.81. The quantitative estimate of drug-likeness (QED) is 0.524. The summed E-state index contributed by atoms with van der Waals surface area (Å²) in [5.41, 5.74) is 9.49. The van der Waals surface area contributed by atoms with Crippen LogP contribution in [0.5, 0.6) is 5.75 Å². The number of nitrogens with one attached hydrogen (secondary N) is 2. The highest BCUT2D eigenvalue weighted by atomic mass is 16.5. The van der Waals surface area contributed by atoms with E-state index in [1.165, 1.54) is 16.7 Å². The van der Waals surface area contributed by atoms with Gasteiger partial charge in [-0.15, -0.1) is 0 Å². The second-order valence-corrected chi connectivity index (χ2v) is 7.30. The molecule has 0 radical (unpaired) electrons. The Balaban J connectivity index is 1.62. The van der Waals surface area contributed by atoms with Crippen LogP contribution in [0.25, 0.3) is 0 Å². The van der Waals surface area contributed by atoms with Crippen LogP contribution < -0.4 is 21.1 Å². The van der Waals surface area contributed by atoms with Gasteiger partial charge >= 0.3 is 0 Å². The highest BCUT2D eigenvalue weighted by Gasteiger charge is 2.15. The maximum atomic E-state index is 11.2. The summed E-state index contributed by atoms with van der Waals surface area (Å²) in [6.45, 7) is 8.31. The van der Waals surface area contributed by atoms with E-state index in [1.807, 2.05) is 12.1 Å². The number of aryl methyl sites for hydroxylation is 2. The van der Waals surface area contributed by atoms with Gasteiger partial charge in [0, 0.05) is 31.7 Å². The molecule has 0 spiro atoms. The molecule has 1 fully saturated rings. The molecule has 1 saturated heterocycles. The Morgan fingerprint density at radius 2 is 1.86 bits per heavy atom. The van der Waals surface area contributed by atoms with Gasteiger partial charge in [-0.2, -0.15) is 0 Å². The lowest BCUT2D eigenvalue weighted by atomic mass is 10.0. The number of amides is 1. The molecule has 0 bridgehead atoms. The van der Waals surface area contributed by atoms with Crippen molar-refractivity contribution in [1.82, 2.24) is 10.6 Å². The molecule has 148 valence electrons. The van der Waals surface area contributed by atoms with Crippen molar-refractivity contribution in [2.24, 2.45) is 11.7 Å². The van der Waals surface area contributed by atoms with Crippen LogP contribution in [0.2, 0.25) is 0 Å². The number of hydrogen-bond acceptors (Lipinski definition) is 4. The van der Waals surface area contributed by atoms with Crippen LogP contribution >= 0.6 is 0 Å². The Hall–Kier alpha value is -2.63. The molecule has 1 aliphatic heterocycles. The third-order valence-electron chi connectivity index (χ3n) is 4.96. The minimum Gasteiger partial charge on any atom is -0.490 e. The lowest BCUT2D eigenvalue weighted by Gasteiger charge is -2.27. The summed E-state index contributed by atoms with van der Waals surface area (Å²) in [7, 11) is 0. The number of carbonyl (C=O) groups is 1. The summed E-state index contributed by atoms with van der Waals surface area (Å²) in [5.74, 6) is 1.22. The fraction of sp³-hybridized carbons (Fsp3) is 0.348. The predicted octanol–water partition coefficient (Wildman–Crippen LogP) is 2.44. The molecule has 0 aromatic heterocycles. The number of ether oxygens (including phenoxy) is 1. The monoisotopic (exact) mass is 379 g/mol. The predicted molar refractivity (Wildman–Crippen MR) is 113 cm³/mol. The van der Waals surface area contributed by atoms with Crippen LogP contribution in [0, 0.1) is 5.92 Å². The van der Waals surface area contributed by atoms with Crippen molar-refractivity contribution in [3.05, 3.63) is 77.4 Å². The van der Waals surface area contributed by atoms with E-state index < -0.39 is 5.91 Å². The first kappa shape index (κ1) is 20.1. The Bertz CT molecular complexity index is 798. The average Bonchev–Trinajstić information content (AvgIpc) is 2.67. The molecule has 3 rings (SSSR count). The van der Waals surface area contributed by atoms with Gasteiger partial charge in [-0.1, -0.05) is 30.9 Å². The first-order valence-corrected chi connectivity index (χ1v) is 9.81. The molecule has 5 nitrogen and oxygen atoms in total. The average molecular weight is 380 g/mol. The number of carbonyl (C=O) groups excluding carboxylic acids is 1. The van der Waals surface area contributed by atoms with E-state index in [0.717, 1.165) is 50.7 Å². The van der Waals surface area contributed by atoms with Gasteiger partial charge < -0.3 is 21.1 Å². The lowest BCUT2D eigenvalue weighted by Crippen LogP contribution is -2.47. The molecule has 2 aromatic carbocycles. The molecule has 0 saturated carbocycles. The summed E-state index contributed by atoms with van der Waals surface area (Å²) in [6, 6.07) is 13.9. The Morgan fingerprint density at radius 3 is 2.50 bits per heavy atom. The van der Waals surface area contributed by atoms with E-state index in [2.05, 4.69) is 35.4 Å². The maximum Gasteiger partial charge on any atom is 0.248 e. The minimum absolute atomic E-state index is 0.395. The first-order chi connectivity index (χ1) is 13.6. The third kappa shape index (κ3) is 5.94. The van der Waals surface area contributed by atoms with Gasteiger partial charge in [-0.05, 0) is 59.7 Å². The summed E-state index contributed by atoms with van der Waals surface area (Å²) in [4.78, 5) is 11.2. The van der Waals surface area contributed by atoms with E-state index in [0.29, 0.717) is 12.2 Å². The fourth-order valence-electron chi connectivity index (χ4n) is 3.25. The van der Waals surface area contributed by atoms with Crippen LogP contribution in [-0.4, -0.2) is 32.1 Å². The van der Waals surface area contributed by atoms with Gasteiger partial charge in [0.2, 0.25) is 5.91 Å². The summed E-state index contributed by atoms with van der Waals surface area (Å²) < 4.78 is 5.78. The molecule has 1 amide bonds. The van der Waals surface area contributed by atoms with Crippen LogP contribution in [0.15, 0.2) is 55.1 Å². The third-order valence-corrected chi connectivity index (χ3v) is 4.96. The zero-order valence-electron chi connectivity index (χ0n) is 16.2. The highest BCUT2D eigenvalue weighted by Crippen LogP contribution is 2.20. The summed E-state index contributed by atoms with van der Waals surface area (Å²) in [6.07, 6.45) is 3.56. The topological polar surface area (TPSA) is 76.4 Å². The zero-order valence-corrected chi connectivity index (χ0v) is 16.2. The molecule has 1 heterocycles. The van der Waals surface area contributed by atoms with E-state index in [-0.39, 0.29) is 0 Å². The molecule has 4 N–H and O–H groups in total. The number of nitrogens with two attached hydrogens (primary N) is 1. The molecule has 5 heteroatoms. The van der Waals surface area contributed by atoms with E-state index in [1.54, 1.807) is 18.2 Å². The van der Waals surface area contributed by atoms with Gasteiger partial charge in [0.15, 0.2) is 0 Å². The van der Waals surface area contributed by atoms with Crippen molar-refractivity contribution in [1.29, 1.82) is 0 Å². The number of rotatable bonds is 11. The van der Waals surface area contributed by atoms with Crippen molar-refractivity contribution in [3.8, 4) is 5.75 Å². The lowest BCUT2D eigenvalue weighted by molar-refractivity contribution is 0.100. The summed E-state index contributed by atoms with van der Waals surface area (Å²) >= 11 is 0. The minimum atomic E-state index is -0.395. The summed E-state index contributed by atoms with van der Waals surface area (Å²) in [5, 5.41) is 6.84. The van der Waals surface area contributed by atoms with Crippen molar-refractivity contribution >= 4 is 5.91 Å².